The van der Waals surface area contributed by atoms with Crippen molar-refractivity contribution in [1.29, 1.82) is 0 Å². The van der Waals surface area contributed by atoms with Crippen LogP contribution in [0.1, 0.15) is 74.2 Å². The summed E-state index contributed by atoms with van der Waals surface area (Å²) in [6.07, 6.45) is 2.29. The molecule has 338 valence electrons. The zero-order chi connectivity index (χ0) is 45.3. The average Bonchev–Trinajstić information content (AvgIpc) is 4.14. The van der Waals surface area contributed by atoms with Crippen molar-refractivity contribution in [3.63, 3.8) is 0 Å². The SMILES string of the molecule is Cn1c(C(C)(C(=O)O)[C@H]2CCNC2)nc2ccc(CN(Cc3ccc4nc(C(C)(C(=O)O)[C@H]5CCNC5)n(C)c4c3)Cc3ccc4nc(C(C)(C(=O)O)[C@H]5CCNC5)n(C)c4c3)cc21. The summed E-state index contributed by atoms with van der Waals surface area (Å²) in [5, 5.41) is 41.8. The molecule has 9 rings (SSSR count). The topological polar surface area (TPSA) is 205 Å². The highest BCUT2D eigenvalue weighted by Crippen LogP contribution is 2.40. The molecular formula is C48H60N10O6. The molecule has 3 saturated heterocycles. The fraction of sp³-hybridized carbons (Fsp3) is 0.500. The third-order valence-corrected chi connectivity index (χ3v) is 15.4. The number of carboxylic acid groups (broad SMARTS) is 3. The molecule has 0 bridgehead atoms. The quantitative estimate of drug-likeness (QED) is 0.0848. The van der Waals surface area contributed by atoms with Gasteiger partial charge in [-0.2, -0.15) is 0 Å². The van der Waals surface area contributed by atoms with Gasteiger partial charge in [-0.1, -0.05) is 18.2 Å². The van der Waals surface area contributed by atoms with E-state index in [4.69, 9.17) is 15.0 Å². The Morgan fingerprint density at radius 2 is 0.828 bits per heavy atom. The van der Waals surface area contributed by atoms with Crippen LogP contribution >= 0.6 is 0 Å². The molecule has 0 radical (unpaired) electrons. The number of benzene rings is 3. The van der Waals surface area contributed by atoms with Crippen LogP contribution in [-0.2, 0) is 71.4 Å². The van der Waals surface area contributed by atoms with Crippen molar-refractivity contribution in [2.75, 3.05) is 39.3 Å². The second kappa shape index (κ2) is 16.4. The van der Waals surface area contributed by atoms with Crippen molar-refractivity contribution in [1.82, 2.24) is 49.5 Å². The molecule has 6 N–H and O–H groups in total. The number of nitrogens with zero attached hydrogens (tertiary/aromatic N) is 7. The van der Waals surface area contributed by atoms with Crippen LogP contribution in [0.25, 0.3) is 33.1 Å². The van der Waals surface area contributed by atoms with Gasteiger partial charge in [0.2, 0.25) is 0 Å². The lowest BCUT2D eigenvalue weighted by atomic mass is 9.75. The van der Waals surface area contributed by atoms with Crippen LogP contribution in [0.15, 0.2) is 54.6 Å². The molecule has 0 spiro atoms. The van der Waals surface area contributed by atoms with E-state index in [0.717, 1.165) is 88.7 Å². The Kier molecular flexibility index (Phi) is 11.2. The molecule has 64 heavy (non-hydrogen) atoms. The first-order chi connectivity index (χ1) is 30.5. The number of hydrogen-bond donors (Lipinski definition) is 6. The van der Waals surface area contributed by atoms with E-state index in [1.165, 1.54) is 0 Å². The molecule has 3 aromatic carbocycles. The van der Waals surface area contributed by atoms with Gasteiger partial charge in [0.25, 0.3) is 0 Å². The molecule has 0 amide bonds. The largest absolute Gasteiger partial charge is 0.480 e. The molecule has 3 aliphatic rings. The fourth-order valence-corrected chi connectivity index (χ4v) is 11.1. The minimum atomic E-state index is -1.16. The number of nitrogens with one attached hydrogen (secondary N) is 3. The van der Waals surface area contributed by atoms with Gasteiger partial charge >= 0.3 is 17.9 Å². The molecule has 16 nitrogen and oxygen atoms in total. The highest BCUT2D eigenvalue weighted by atomic mass is 16.4. The van der Waals surface area contributed by atoms with Gasteiger partial charge in [0, 0.05) is 40.8 Å². The summed E-state index contributed by atoms with van der Waals surface area (Å²) in [4.78, 5) is 55.9. The number of aryl methyl sites for hydroxylation is 3. The first-order valence-electron chi connectivity index (χ1n) is 22.5. The van der Waals surface area contributed by atoms with E-state index in [2.05, 4.69) is 57.2 Å². The fourth-order valence-electron chi connectivity index (χ4n) is 11.1. The number of aliphatic carboxylic acids is 3. The average molecular weight is 873 g/mol. The second-order valence-corrected chi connectivity index (χ2v) is 19.2. The molecule has 6 atom stereocenters. The van der Waals surface area contributed by atoms with Gasteiger partial charge in [0.15, 0.2) is 0 Å². The van der Waals surface area contributed by atoms with Crippen LogP contribution < -0.4 is 16.0 Å². The highest BCUT2D eigenvalue weighted by Gasteiger charge is 2.50. The van der Waals surface area contributed by atoms with Gasteiger partial charge in [-0.25, -0.2) is 15.0 Å². The predicted molar refractivity (Wildman–Crippen MR) is 243 cm³/mol. The van der Waals surface area contributed by atoms with Crippen molar-refractivity contribution in [3.05, 3.63) is 88.8 Å². The molecule has 3 aromatic heterocycles. The van der Waals surface area contributed by atoms with Crippen molar-refractivity contribution < 1.29 is 29.7 Å². The van der Waals surface area contributed by atoms with Gasteiger partial charge in [-0.3, -0.25) is 19.3 Å². The van der Waals surface area contributed by atoms with Crippen molar-refractivity contribution >= 4 is 51.0 Å². The Labute approximate surface area is 372 Å². The summed E-state index contributed by atoms with van der Waals surface area (Å²) >= 11 is 0. The predicted octanol–water partition coefficient (Wildman–Crippen LogP) is 4.40. The summed E-state index contributed by atoms with van der Waals surface area (Å²) < 4.78 is 5.82. The molecular weight excluding hydrogens is 813 g/mol. The van der Waals surface area contributed by atoms with Crippen LogP contribution in [0.5, 0.6) is 0 Å². The zero-order valence-electron chi connectivity index (χ0n) is 37.6. The number of rotatable bonds is 15. The maximum Gasteiger partial charge on any atom is 0.317 e. The Balaban J connectivity index is 1.08. The van der Waals surface area contributed by atoms with Crippen LogP contribution in [-0.4, -0.2) is 106 Å². The maximum absolute atomic E-state index is 12.9. The van der Waals surface area contributed by atoms with E-state index in [0.29, 0.717) is 56.7 Å². The van der Waals surface area contributed by atoms with Crippen LogP contribution in [0.2, 0.25) is 0 Å². The monoisotopic (exact) mass is 872 g/mol. The summed E-state index contributed by atoms with van der Waals surface area (Å²) in [6, 6.07) is 18.4. The second-order valence-electron chi connectivity index (χ2n) is 19.2. The normalized spacial score (nSPS) is 22.1. The molecule has 16 heteroatoms. The van der Waals surface area contributed by atoms with E-state index in [1.54, 1.807) is 20.8 Å². The lowest BCUT2D eigenvalue weighted by molar-refractivity contribution is -0.146. The minimum Gasteiger partial charge on any atom is -0.480 e. The van der Waals surface area contributed by atoms with Crippen molar-refractivity contribution in [2.45, 2.75) is 75.9 Å². The lowest BCUT2D eigenvalue weighted by Gasteiger charge is -2.30. The van der Waals surface area contributed by atoms with Crippen LogP contribution in [0, 0.1) is 17.8 Å². The van der Waals surface area contributed by atoms with E-state index in [-0.39, 0.29) is 17.8 Å². The lowest BCUT2D eigenvalue weighted by Crippen LogP contribution is -2.43. The highest BCUT2D eigenvalue weighted by molar-refractivity contribution is 5.86. The Bertz CT molecular complexity index is 2490. The zero-order valence-corrected chi connectivity index (χ0v) is 37.6. The standard InChI is InChI=1S/C48H60N10O6/c1-46(43(59)60,31-13-16-49-22-31)40-52-34-10-7-28(19-37(34)55(40)4)25-58(26-29-8-11-35-38(20-29)56(5)41(53-35)47(2,44(61)62)32-14-17-50-23-32)27-30-9-12-36-39(21-30)57(6)42(54-36)48(3,45(63)64)33-15-18-51-24-33/h7-12,19-21,31-33,49-51H,13-18,22-27H2,1-6H3,(H,59,60)(H,61,62)(H,63,64)/t31-,32-,33-,46?,47?,48?/m0/s1. The summed E-state index contributed by atoms with van der Waals surface area (Å²) in [7, 11) is 5.71. The summed E-state index contributed by atoms with van der Waals surface area (Å²) in [6.45, 7) is 11.2. The molecule has 0 saturated carbocycles. The van der Waals surface area contributed by atoms with Gasteiger partial charge < -0.3 is 45.0 Å². The van der Waals surface area contributed by atoms with E-state index in [9.17, 15) is 29.7 Å². The molecule has 6 heterocycles. The van der Waals surface area contributed by atoms with E-state index >= 15 is 0 Å². The Morgan fingerprint density at radius 1 is 0.547 bits per heavy atom. The molecule has 3 fully saturated rings. The summed E-state index contributed by atoms with van der Waals surface area (Å²) in [5.41, 5.74) is 4.39. The maximum atomic E-state index is 12.9. The third kappa shape index (κ3) is 7.05. The van der Waals surface area contributed by atoms with E-state index in [1.807, 2.05) is 53.0 Å². The van der Waals surface area contributed by atoms with Crippen molar-refractivity contribution in [3.8, 4) is 0 Å². The number of fused-ring (bicyclic) bond motifs is 3. The first kappa shape index (κ1) is 43.6. The molecule has 3 aliphatic heterocycles. The Morgan fingerprint density at radius 3 is 1.06 bits per heavy atom. The van der Waals surface area contributed by atoms with Crippen molar-refractivity contribution in [2.24, 2.45) is 38.9 Å². The number of carbonyl (C=O) groups is 3. The first-order valence-corrected chi connectivity index (χ1v) is 22.5. The van der Waals surface area contributed by atoms with Gasteiger partial charge in [-0.05, 0) is 150 Å². The van der Waals surface area contributed by atoms with Crippen LogP contribution in [0.4, 0.5) is 0 Å². The number of hydrogen-bond acceptors (Lipinski definition) is 10. The molecule has 0 aliphatic carbocycles. The van der Waals surface area contributed by atoms with E-state index < -0.39 is 34.2 Å². The van der Waals surface area contributed by atoms with Gasteiger partial charge in [0.05, 0.1) is 33.1 Å². The van der Waals surface area contributed by atoms with Crippen LogP contribution in [0.3, 0.4) is 0 Å². The minimum absolute atomic E-state index is 0.0913. The molecule has 6 aromatic rings. The summed E-state index contributed by atoms with van der Waals surface area (Å²) in [5.74, 6) is -1.30. The van der Waals surface area contributed by atoms with Gasteiger partial charge in [0.1, 0.15) is 33.7 Å². The number of carboxylic acids is 3. The number of imidazole rings is 3. The third-order valence-electron chi connectivity index (χ3n) is 15.4. The van der Waals surface area contributed by atoms with Gasteiger partial charge in [-0.15, -0.1) is 0 Å². The number of aromatic nitrogens is 6. The molecule has 3 unspecified atom stereocenters. The Hall–Kier alpha value is -5.68. The smallest absolute Gasteiger partial charge is 0.317 e.